The average Bonchev–Trinajstić information content (AvgIpc) is 2.95. The number of rotatable bonds is 4. The number of carbonyl (C=O) groups excluding carboxylic acids is 1. The van der Waals surface area contributed by atoms with E-state index in [0.29, 0.717) is 6.54 Å². The Hall–Kier alpha value is -2.29. The fourth-order valence-electron chi connectivity index (χ4n) is 2.56. The molecule has 0 bridgehead atoms. The monoisotopic (exact) mass is 281 g/mol. The molecule has 0 amide bonds. The van der Waals surface area contributed by atoms with E-state index in [2.05, 4.69) is 19.1 Å². The van der Waals surface area contributed by atoms with Crippen LogP contribution in [0.25, 0.3) is 0 Å². The molecular weight excluding hydrogens is 262 g/mol. The van der Waals surface area contributed by atoms with Crippen molar-refractivity contribution in [2.75, 3.05) is 25.1 Å². The van der Waals surface area contributed by atoms with Gasteiger partial charge in [0.15, 0.2) is 5.78 Å². The number of likely N-dealkylation sites (N-methyl/N-ethyl adjacent to an activating group) is 1. The van der Waals surface area contributed by atoms with Crippen molar-refractivity contribution in [3.05, 3.63) is 59.2 Å². The molecule has 0 aromatic heterocycles. The number of anilines is 1. The number of hydrogen-bond donors (Lipinski definition) is 0. The lowest BCUT2D eigenvalue weighted by atomic mass is 10.0. The van der Waals surface area contributed by atoms with Gasteiger partial charge in [-0.05, 0) is 42.8 Å². The molecule has 0 fully saturated rings. The van der Waals surface area contributed by atoms with Gasteiger partial charge in [0.1, 0.15) is 5.75 Å². The highest BCUT2D eigenvalue weighted by atomic mass is 16.5. The number of Topliss-reactive ketones (excluding diaryl/α,β-unsaturated/α-hetero) is 1. The second-order valence-corrected chi connectivity index (χ2v) is 5.54. The van der Waals surface area contributed by atoms with Crippen LogP contribution < -0.4 is 9.64 Å². The minimum absolute atomic E-state index is 0.132. The van der Waals surface area contributed by atoms with Crippen LogP contribution in [0.15, 0.2) is 42.5 Å². The maximum absolute atomic E-state index is 12.4. The summed E-state index contributed by atoms with van der Waals surface area (Å²) in [4.78, 5) is 14.4. The fraction of sp³-hybridized carbons (Fsp3) is 0.278. The molecule has 2 aromatic rings. The van der Waals surface area contributed by atoms with Gasteiger partial charge in [-0.3, -0.25) is 4.79 Å². The fourth-order valence-corrected chi connectivity index (χ4v) is 2.56. The highest BCUT2D eigenvalue weighted by Gasteiger charge is 2.16. The number of ether oxygens (including phenoxy) is 1. The Kier molecular flexibility index (Phi) is 3.65. The summed E-state index contributed by atoms with van der Waals surface area (Å²) in [6.45, 7) is 3.15. The maximum Gasteiger partial charge on any atom is 0.182 e. The number of aryl methyl sites for hydroxylation is 1. The Labute approximate surface area is 125 Å². The van der Waals surface area contributed by atoms with Crippen molar-refractivity contribution in [2.45, 2.75) is 13.3 Å². The van der Waals surface area contributed by atoms with E-state index in [9.17, 15) is 4.79 Å². The minimum atomic E-state index is 0.132. The van der Waals surface area contributed by atoms with Crippen LogP contribution in [-0.4, -0.2) is 26.0 Å². The third kappa shape index (κ3) is 2.92. The van der Waals surface area contributed by atoms with Gasteiger partial charge < -0.3 is 9.64 Å². The summed E-state index contributed by atoms with van der Waals surface area (Å²) in [5.74, 6) is 1.05. The zero-order valence-electron chi connectivity index (χ0n) is 12.4. The summed E-state index contributed by atoms with van der Waals surface area (Å²) < 4.78 is 5.47. The highest BCUT2D eigenvalue weighted by Crippen LogP contribution is 2.26. The molecule has 0 unspecified atom stereocenters. The molecule has 3 heteroatoms. The normalized spacial score (nSPS) is 12.7. The third-order valence-corrected chi connectivity index (χ3v) is 3.87. The first-order valence-electron chi connectivity index (χ1n) is 7.20. The molecule has 0 aliphatic carbocycles. The van der Waals surface area contributed by atoms with Crippen molar-refractivity contribution in [1.29, 1.82) is 0 Å². The number of carbonyl (C=O) groups is 1. The van der Waals surface area contributed by atoms with Crippen molar-refractivity contribution >= 4 is 11.5 Å². The summed E-state index contributed by atoms with van der Waals surface area (Å²) in [6.07, 6.45) is 0.893. The Bertz CT molecular complexity index is 661. The Morgan fingerprint density at radius 3 is 2.71 bits per heavy atom. The molecule has 0 radical (unpaired) electrons. The summed E-state index contributed by atoms with van der Waals surface area (Å²) in [6, 6.07) is 13.9. The van der Waals surface area contributed by atoms with Gasteiger partial charge in [-0.2, -0.15) is 0 Å². The van der Waals surface area contributed by atoms with Crippen LogP contribution in [0.3, 0.4) is 0 Å². The van der Waals surface area contributed by atoms with Gasteiger partial charge in [0.25, 0.3) is 0 Å². The predicted molar refractivity (Wildman–Crippen MR) is 84.4 cm³/mol. The van der Waals surface area contributed by atoms with E-state index in [1.54, 1.807) is 0 Å². The molecule has 3 nitrogen and oxygen atoms in total. The molecule has 1 aliphatic heterocycles. The summed E-state index contributed by atoms with van der Waals surface area (Å²) in [5, 5.41) is 0. The van der Waals surface area contributed by atoms with Crippen LogP contribution in [0, 0.1) is 6.92 Å². The van der Waals surface area contributed by atoms with Crippen LogP contribution in [0.4, 0.5) is 5.69 Å². The molecule has 1 heterocycles. The molecule has 3 rings (SSSR count). The van der Waals surface area contributed by atoms with E-state index in [-0.39, 0.29) is 5.78 Å². The number of fused-ring (bicyclic) bond motifs is 1. The predicted octanol–water partition coefficient (Wildman–Crippen LogP) is 3.25. The van der Waals surface area contributed by atoms with Crippen molar-refractivity contribution < 1.29 is 9.53 Å². The van der Waals surface area contributed by atoms with E-state index < -0.39 is 0 Å². The lowest BCUT2D eigenvalue weighted by Gasteiger charge is -2.18. The zero-order chi connectivity index (χ0) is 14.8. The number of nitrogens with zero attached hydrogens (tertiary/aromatic N) is 1. The minimum Gasteiger partial charge on any atom is -0.493 e. The smallest absolute Gasteiger partial charge is 0.182 e. The van der Waals surface area contributed by atoms with Crippen molar-refractivity contribution in [3.8, 4) is 5.75 Å². The molecule has 21 heavy (non-hydrogen) atoms. The topological polar surface area (TPSA) is 29.5 Å². The quantitative estimate of drug-likeness (QED) is 0.806. The Morgan fingerprint density at radius 2 is 1.95 bits per heavy atom. The number of ketones is 1. The van der Waals surface area contributed by atoms with E-state index in [0.717, 1.165) is 35.6 Å². The van der Waals surface area contributed by atoms with Crippen LogP contribution in [-0.2, 0) is 6.42 Å². The second-order valence-electron chi connectivity index (χ2n) is 5.54. The summed E-state index contributed by atoms with van der Waals surface area (Å²) in [5.41, 5.74) is 4.17. The van der Waals surface area contributed by atoms with E-state index in [4.69, 9.17) is 4.74 Å². The van der Waals surface area contributed by atoms with E-state index in [1.807, 2.05) is 42.3 Å². The van der Waals surface area contributed by atoms with Gasteiger partial charge in [0.2, 0.25) is 0 Å². The molecule has 108 valence electrons. The molecule has 0 saturated heterocycles. The number of benzene rings is 2. The SMILES string of the molecule is Cc1ccc(N(C)CC(=O)c2ccc3c(c2)CCO3)cc1. The standard InChI is InChI=1S/C18H19NO2/c1-13-3-6-16(7-4-13)19(2)12-17(20)14-5-8-18-15(11-14)9-10-21-18/h3-8,11H,9-10,12H2,1-2H3. The van der Waals surface area contributed by atoms with Gasteiger partial charge in [-0.15, -0.1) is 0 Å². The van der Waals surface area contributed by atoms with Crippen LogP contribution in [0.1, 0.15) is 21.5 Å². The molecule has 0 saturated carbocycles. The first kappa shape index (κ1) is 13.7. The third-order valence-electron chi connectivity index (χ3n) is 3.87. The van der Waals surface area contributed by atoms with Crippen LogP contribution >= 0.6 is 0 Å². The van der Waals surface area contributed by atoms with E-state index in [1.165, 1.54) is 5.56 Å². The van der Waals surface area contributed by atoms with Crippen molar-refractivity contribution in [2.24, 2.45) is 0 Å². The second kappa shape index (κ2) is 5.60. The summed E-state index contributed by atoms with van der Waals surface area (Å²) >= 11 is 0. The molecule has 0 spiro atoms. The lowest BCUT2D eigenvalue weighted by Crippen LogP contribution is -2.25. The zero-order valence-corrected chi connectivity index (χ0v) is 12.4. The molecule has 0 N–H and O–H groups in total. The summed E-state index contributed by atoms with van der Waals surface area (Å²) in [7, 11) is 1.94. The largest absolute Gasteiger partial charge is 0.493 e. The van der Waals surface area contributed by atoms with Gasteiger partial charge >= 0.3 is 0 Å². The van der Waals surface area contributed by atoms with Crippen LogP contribution in [0.2, 0.25) is 0 Å². The average molecular weight is 281 g/mol. The van der Waals surface area contributed by atoms with Gasteiger partial charge in [-0.25, -0.2) is 0 Å². The molecule has 1 aliphatic rings. The van der Waals surface area contributed by atoms with Gasteiger partial charge in [0, 0.05) is 24.7 Å². The van der Waals surface area contributed by atoms with Gasteiger partial charge in [-0.1, -0.05) is 17.7 Å². The first-order chi connectivity index (χ1) is 10.1. The van der Waals surface area contributed by atoms with Crippen molar-refractivity contribution in [1.82, 2.24) is 0 Å². The van der Waals surface area contributed by atoms with Gasteiger partial charge in [0.05, 0.1) is 13.2 Å². The molecule has 0 atom stereocenters. The maximum atomic E-state index is 12.4. The Balaban J connectivity index is 1.72. The van der Waals surface area contributed by atoms with Crippen LogP contribution in [0.5, 0.6) is 5.75 Å². The molecule has 2 aromatic carbocycles. The molecular formula is C18H19NO2. The van der Waals surface area contributed by atoms with E-state index >= 15 is 0 Å². The first-order valence-corrected chi connectivity index (χ1v) is 7.20. The Morgan fingerprint density at radius 1 is 1.19 bits per heavy atom. The number of hydrogen-bond acceptors (Lipinski definition) is 3. The van der Waals surface area contributed by atoms with Crippen molar-refractivity contribution in [3.63, 3.8) is 0 Å². The lowest BCUT2D eigenvalue weighted by molar-refractivity contribution is 0.100. The highest BCUT2D eigenvalue weighted by molar-refractivity contribution is 5.99.